The van der Waals surface area contributed by atoms with Crippen LogP contribution in [0, 0.1) is 5.92 Å². The molecule has 1 aromatic carbocycles. The van der Waals surface area contributed by atoms with E-state index in [0.29, 0.717) is 6.54 Å². The summed E-state index contributed by atoms with van der Waals surface area (Å²) in [6, 6.07) is 7.98. The Morgan fingerprint density at radius 3 is 2.30 bits per heavy atom. The number of rotatable bonds is 3. The van der Waals surface area contributed by atoms with E-state index in [1.165, 1.54) is 10.5 Å². The van der Waals surface area contributed by atoms with Crippen molar-refractivity contribution in [3.8, 4) is 0 Å². The van der Waals surface area contributed by atoms with Crippen molar-refractivity contribution in [2.24, 2.45) is 5.92 Å². The van der Waals surface area contributed by atoms with Crippen LogP contribution in [-0.4, -0.2) is 40.8 Å². The standard InChI is InChI=1S/C18H25NO4/c1-5-12-6-8-13(9-7-12)14-10-19(11-15(14)16(20)21)17(22)23-18(2,3)4/h6-9,14-15H,5,10-11H2,1-4H3,(H,20,21)/t14-,15-/m0/s1. The van der Waals surface area contributed by atoms with Gasteiger partial charge in [0, 0.05) is 19.0 Å². The highest BCUT2D eigenvalue weighted by Gasteiger charge is 2.41. The van der Waals surface area contributed by atoms with Crippen molar-refractivity contribution in [3.05, 3.63) is 35.4 Å². The maximum absolute atomic E-state index is 12.2. The molecule has 0 spiro atoms. The number of aryl methyl sites for hydroxylation is 1. The van der Waals surface area contributed by atoms with Gasteiger partial charge in [0.2, 0.25) is 0 Å². The zero-order valence-electron chi connectivity index (χ0n) is 14.2. The van der Waals surface area contributed by atoms with Crippen LogP contribution < -0.4 is 0 Å². The van der Waals surface area contributed by atoms with Crippen molar-refractivity contribution in [2.45, 2.75) is 45.6 Å². The lowest BCUT2D eigenvalue weighted by Crippen LogP contribution is -2.35. The SMILES string of the molecule is CCc1ccc([C@@H]2CN(C(=O)OC(C)(C)C)C[C@@H]2C(=O)O)cc1. The second-order valence-corrected chi connectivity index (χ2v) is 7.03. The van der Waals surface area contributed by atoms with Gasteiger partial charge in [-0.25, -0.2) is 4.79 Å². The van der Waals surface area contributed by atoms with Crippen LogP contribution in [0.25, 0.3) is 0 Å². The average Bonchev–Trinajstić information content (AvgIpc) is 2.91. The molecule has 0 saturated carbocycles. The molecule has 1 amide bonds. The number of aliphatic carboxylic acids is 1. The molecule has 1 aliphatic rings. The predicted molar refractivity (Wildman–Crippen MR) is 87.5 cm³/mol. The topological polar surface area (TPSA) is 66.8 Å². The number of likely N-dealkylation sites (tertiary alicyclic amines) is 1. The van der Waals surface area contributed by atoms with Crippen molar-refractivity contribution in [3.63, 3.8) is 0 Å². The zero-order chi connectivity index (χ0) is 17.2. The molecule has 1 fully saturated rings. The number of amides is 1. The minimum atomic E-state index is -0.874. The maximum atomic E-state index is 12.2. The Morgan fingerprint density at radius 1 is 1.22 bits per heavy atom. The molecule has 0 unspecified atom stereocenters. The zero-order valence-corrected chi connectivity index (χ0v) is 14.2. The second-order valence-electron chi connectivity index (χ2n) is 7.03. The minimum absolute atomic E-state index is 0.185. The first-order valence-corrected chi connectivity index (χ1v) is 8.01. The molecule has 0 aromatic heterocycles. The molecule has 1 heterocycles. The van der Waals surface area contributed by atoms with E-state index in [4.69, 9.17) is 4.74 Å². The fraction of sp³-hybridized carbons (Fsp3) is 0.556. The fourth-order valence-corrected chi connectivity index (χ4v) is 2.87. The first-order chi connectivity index (χ1) is 10.7. The lowest BCUT2D eigenvalue weighted by atomic mass is 9.88. The van der Waals surface area contributed by atoms with Crippen LogP contribution in [0.5, 0.6) is 0 Å². The first-order valence-electron chi connectivity index (χ1n) is 8.01. The van der Waals surface area contributed by atoms with Crippen molar-refractivity contribution < 1.29 is 19.4 Å². The van der Waals surface area contributed by atoms with Crippen LogP contribution >= 0.6 is 0 Å². The number of ether oxygens (including phenoxy) is 1. The number of carbonyl (C=O) groups excluding carboxylic acids is 1. The number of carboxylic acids is 1. The van der Waals surface area contributed by atoms with Crippen LogP contribution in [0.15, 0.2) is 24.3 Å². The van der Waals surface area contributed by atoms with Crippen LogP contribution in [-0.2, 0) is 16.0 Å². The van der Waals surface area contributed by atoms with Gasteiger partial charge in [-0.3, -0.25) is 4.79 Å². The molecule has 1 saturated heterocycles. The molecule has 5 nitrogen and oxygen atoms in total. The molecular formula is C18H25NO4. The quantitative estimate of drug-likeness (QED) is 0.928. The van der Waals surface area contributed by atoms with Crippen molar-refractivity contribution in [1.29, 1.82) is 0 Å². The molecule has 0 radical (unpaired) electrons. The van der Waals surface area contributed by atoms with E-state index in [0.717, 1.165) is 12.0 Å². The molecule has 1 N–H and O–H groups in total. The number of benzene rings is 1. The number of hydrogen-bond donors (Lipinski definition) is 1. The number of carboxylic acid groups (broad SMARTS) is 1. The van der Waals surface area contributed by atoms with Crippen molar-refractivity contribution in [1.82, 2.24) is 4.90 Å². The Hall–Kier alpha value is -2.04. The summed E-state index contributed by atoms with van der Waals surface area (Å²) in [5.74, 6) is -1.68. The van der Waals surface area contributed by atoms with Crippen molar-refractivity contribution >= 4 is 12.1 Å². The van der Waals surface area contributed by atoms with Gasteiger partial charge in [0.15, 0.2) is 0 Å². The molecular weight excluding hydrogens is 294 g/mol. The van der Waals surface area contributed by atoms with E-state index < -0.39 is 23.6 Å². The lowest BCUT2D eigenvalue weighted by molar-refractivity contribution is -0.141. The lowest BCUT2D eigenvalue weighted by Gasteiger charge is -2.24. The average molecular weight is 319 g/mol. The molecule has 126 valence electrons. The summed E-state index contributed by atoms with van der Waals surface area (Å²) in [5.41, 5.74) is 1.58. The van der Waals surface area contributed by atoms with Gasteiger partial charge in [-0.1, -0.05) is 31.2 Å². The Labute approximate surface area is 137 Å². The van der Waals surface area contributed by atoms with Gasteiger partial charge < -0.3 is 14.7 Å². The van der Waals surface area contributed by atoms with Gasteiger partial charge >= 0.3 is 12.1 Å². The normalized spacial score (nSPS) is 21.3. The van der Waals surface area contributed by atoms with Crippen LogP contribution in [0.2, 0.25) is 0 Å². The summed E-state index contributed by atoms with van der Waals surface area (Å²) in [6.45, 7) is 8.04. The number of hydrogen-bond acceptors (Lipinski definition) is 3. The van der Waals surface area contributed by atoms with E-state index in [1.807, 2.05) is 24.3 Å². The third kappa shape index (κ3) is 4.24. The van der Waals surface area contributed by atoms with Gasteiger partial charge in [-0.2, -0.15) is 0 Å². The summed E-state index contributed by atoms with van der Waals surface area (Å²) in [5, 5.41) is 9.50. The van der Waals surface area contributed by atoms with Gasteiger partial charge in [0.05, 0.1) is 5.92 Å². The maximum Gasteiger partial charge on any atom is 0.410 e. The van der Waals surface area contributed by atoms with Gasteiger partial charge in [-0.15, -0.1) is 0 Å². The summed E-state index contributed by atoms with van der Waals surface area (Å²) in [6.07, 6.45) is 0.494. The molecule has 1 aliphatic heterocycles. The molecule has 2 rings (SSSR count). The fourth-order valence-electron chi connectivity index (χ4n) is 2.87. The molecule has 0 bridgehead atoms. The summed E-state index contributed by atoms with van der Waals surface area (Å²) < 4.78 is 5.36. The molecule has 2 atom stereocenters. The highest BCUT2D eigenvalue weighted by Crippen LogP contribution is 2.34. The third-order valence-electron chi connectivity index (χ3n) is 4.10. The molecule has 5 heteroatoms. The molecule has 23 heavy (non-hydrogen) atoms. The van der Waals surface area contributed by atoms with E-state index >= 15 is 0 Å². The van der Waals surface area contributed by atoms with Gasteiger partial charge in [0.25, 0.3) is 0 Å². The summed E-state index contributed by atoms with van der Waals surface area (Å²) >= 11 is 0. The Morgan fingerprint density at radius 2 is 1.83 bits per heavy atom. The molecule has 0 aliphatic carbocycles. The predicted octanol–water partition coefficient (Wildman–Crippen LogP) is 3.28. The second kappa shape index (κ2) is 6.60. The minimum Gasteiger partial charge on any atom is -0.481 e. The van der Waals surface area contributed by atoms with Crippen LogP contribution in [0.1, 0.15) is 44.7 Å². The third-order valence-corrected chi connectivity index (χ3v) is 4.10. The number of nitrogens with zero attached hydrogens (tertiary/aromatic N) is 1. The van der Waals surface area contributed by atoms with E-state index in [1.54, 1.807) is 20.8 Å². The van der Waals surface area contributed by atoms with E-state index in [-0.39, 0.29) is 12.5 Å². The highest BCUT2D eigenvalue weighted by atomic mass is 16.6. The van der Waals surface area contributed by atoms with Crippen LogP contribution in [0.4, 0.5) is 4.79 Å². The van der Waals surface area contributed by atoms with Gasteiger partial charge in [0.1, 0.15) is 5.60 Å². The monoisotopic (exact) mass is 319 g/mol. The summed E-state index contributed by atoms with van der Waals surface area (Å²) in [7, 11) is 0. The van der Waals surface area contributed by atoms with Crippen LogP contribution in [0.3, 0.4) is 0 Å². The van der Waals surface area contributed by atoms with E-state index in [2.05, 4.69) is 6.92 Å². The largest absolute Gasteiger partial charge is 0.481 e. The Kier molecular flexibility index (Phi) is 4.97. The van der Waals surface area contributed by atoms with Gasteiger partial charge in [-0.05, 0) is 38.3 Å². The first kappa shape index (κ1) is 17.3. The molecule has 1 aromatic rings. The number of carbonyl (C=O) groups is 2. The smallest absolute Gasteiger partial charge is 0.410 e. The van der Waals surface area contributed by atoms with E-state index in [9.17, 15) is 14.7 Å². The summed E-state index contributed by atoms with van der Waals surface area (Å²) in [4.78, 5) is 25.3. The Balaban J connectivity index is 2.17. The highest BCUT2D eigenvalue weighted by molar-refractivity contribution is 5.76. The Bertz CT molecular complexity index is 574. The van der Waals surface area contributed by atoms with Crippen molar-refractivity contribution in [2.75, 3.05) is 13.1 Å².